The summed E-state index contributed by atoms with van der Waals surface area (Å²) in [6.45, 7) is 3.20. The van der Waals surface area contributed by atoms with Crippen LogP contribution in [-0.2, 0) is 0 Å². The summed E-state index contributed by atoms with van der Waals surface area (Å²) in [7, 11) is 4.29. The number of aliphatic hydroxyl groups is 2. The number of nitrogens with zero attached hydrogens (tertiary/aromatic N) is 1. The number of fused-ring (bicyclic) bond motifs is 1. The molecule has 3 rings (SSSR count). The monoisotopic (exact) mass is 389 g/mol. The van der Waals surface area contributed by atoms with Crippen LogP contribution in [0.1, 0.15) is 77.6 Å². The molecule has 3 heteroatoms. The van der Waals surface area contributed by atoms with Crippen molar-refractivity contribution >= 4 is 0 Å². The zero-order valence-corrected chi connectivity index (χ0v) is 18.4. The van der Waals surface area contributed by atoms with Crippen LogP contribution < -0.4 is 0 Å². The molecule has 2 N–H and O–H groups in total. The van der Waals surface area contributed by atoms with Gasteiger partial charge in [-0.1, -0.05) is 43.1 Å². The van der Waals surface area contributed by atoms with Crippen LogP contribution in [0.2, 0.25) is 0 Å². The number of allylic oxidation sites excluding steroid dienone is 2. The lowest BCUT2D eigenvalue weighted by molar-refractivity contribution is 0.00416. The third-order valence-corrected chi connectivity index (χ3v) is 7.68. The summed E-state index contributed by atoms with van der Waals surface area (Å²) < 4.78 is 0. The van der Waals surface area contributed by atoms with E-state index < -0.39 is 5.60 Å². The van der Waals surface area contributed by atoms with Crippen molar-refractivity contribution in [1.82, 2.24) is 4.90 Å². The predicted octanol–water partition coefficient (Wildman–Crippen LogP) is 4.94. The van der Waals surface area contributed by atoms with Gasteiger partial charge in [-0.3, -0.25) is 0 Å². The molecule has 28 heavy (non-hydrogen) atoms. The Kier molecular flexibility index (Phi) is 7.81. The van der Waals surface area contributed by atoms with Crippen LogP contribution >= 0.6 is 0 Å². The Hall–Kier alpha value is -0.640. The van der Waals surface area contributed by atoms with Gasteiger partial charge in [-0.25, -0.2) is 0 Å². The Labute approximate surface area is 172 Å². The molecule has 0 aliphatic heterocycles. The number of hydrogen-bond acceptors (Lipinski definition) is 3. The van der Waals surface area contributed by atoms with Crippen LogP contribution in [-0.4, -0.2) is 47.5 Å². The lowest BCUT2D eigenvalue weighted by Gasteiger charge is -2.29. The van der Waals surface area contributed by atoms with Crippen LogP contribution in [0.5, 0.6) is 0 Å². The largest absolute Gasteiger partial charge is 0.392 e. The fraction of sp³-hybridized carbons (Fsp3) is 0.840. The topological polar surface area (TPSA) is 43.7 Å². The minimum Gasteiger partial charge on any atom is -0.392 e. The van der Waals surface area contributed by atoms with Gasteiger partial charge in [-0.05, 0) is 96.7 Å². The van der Waals surface area contributed by atoms with E-state index in [2.05, 4.69) is 37.2 Å². The Balaban J connectivity index is 1.44. The zero-order chi connectivity index (χ0) is 20.1. The molecule has 0 radical (unpaired) electrons. The molecule has 3 aliphatic rings. The van der Waals surface area contributed by atoms with Crippen molar-refractivity contribution in [1.29, 1.82) is 0 Å². The third-order valence-electron chi connectivity index (χ3n) is 7.68. The maximum absolute atomic E-state index is 10.8. The molecule has 3 nitrogen and oxygen atoms in total. The maximum Gasteiger partial charge on any atom is 0.0682 e. The van der Waals surface area contributed by atoms with Crippen molar-refractivity contribution in [3.05, 3.63) is 23.8 Å². The van der Waals surface area contributed by atoms with E-state index in [-0.39, 0.29) is 12.0 Å². The fourth-order valence-electron chi connectivity index (χ4n) is 5.93. The number of aliphatic hydroxyl groups excluding tert-OH is 1. The van der Waals surface area contributed by atoms with Crippen molar-refractivity contribution < 1.29 is 10.2 Å². The lowest BCUT2D eigenvalue weighted by Crippen LogP contribution is -2.32. The molecule has 2 saturated carbocycles. The van der Waals surface area contributed by atoms with Gasteiger partial charge < -0.3 is 15.1 Å². The van der Waals surface area contributed by atoms with Gasteiger partial charge in [0.15, 0.2) is 0 Å². The first-order chi connectivity index (χ1) is 13.4. The molecule has 0 bridgehead atoms. The number of hydrogen-bond donors (Lipinski definition) is 2. The summed E-state index contributed by atoms with van der Waals surface area (Å²) in [6, 6.07) is 0. The van der Waals surface area contributed by atoms with Gasteiger partial charge in [0.2, 0.25) is 0 Å². The second-order valence-corrected chi connectivity index (χ2v) is 10.3. The van der Waals surface area contributed by atoms with Crippen LogP contribution in [0.15, 0.2) is 23.8 Å². The van der Waals surface area contributed by atoms with E-state index in [4.69, 9.17) is 0 Å². The van der Waals surface area contributed by atoms with Gasteiger partial charge in [0.25, 0.3) is 0 Å². The Morgan fingerprint density at radius 1 is 1.18 bits per heavy atom. The summed E-state index contributed by atoms with van der Waals surface area (Å²) in [5.41, 5.74) is 1.05. The standard InChI is InChI=1S/C25H43NO2/c1-25(28,21-11-6-7-12-21)14-9-13-22-23-17-19(16-20(23)18-24(22)27)10-5-4-8-15-26(2)3/h9,13,16,20-24,27-28H,4-8,10-12,14-15,17-18H2,1-3H3/b13-9+/t20-,22+,23-,24+,25-/m0/s1. The zero-order valence-electron chi connectivity index (χ0n) is 18.4. The molecule has 0 aromatic rings. The van der Waals surface area contributed by atoms with Crippen LogP contribution in [0, 0.1) is 23.7 Å². The molecule has 0 saturated heterocycles. The highest BCUT2D eigenvalue weighted by atomic mass is 16.3. The van der Waals surface area contributed by atoms with E-state index in [9.17, 15) is 10.2 Å². The summed E-state index contributed by atoms with van der Waals surface area (Å²) in [4.78, 5) is 2.27. The average Bonchev–Trinajstić information content (AvgIpc) is 3.33. The van der Waals surface area contributed by atoms with Crippen molar-refractivity contribution in [2.24, 2.45) is 23.7 Å². The molecule has 0 heterocycles. The second kappa shape index (κ2) is 9.91. The highest BCUT2D eigenvalue weighted by molar-refractivity contribution is 5.20. The Morgan fingerprint density at radius 3 is 2.64 bits per heavy atom. The molecular formula is C25H43NO2. The van der Waals surface area contributed by atoms with E-state index in [0.29, 0.717) is 17.8 Å². The molecular weight excluding hydrogens is 346 g/mol. The second-order valence-electron chi connectivity index (χ2n) is 10.3. The van der Waals surface area contributed by atoms with Gasteiger partial charge >= 0.3 is 0 Å². The maximum atomic E-state index is 10.8. The van der Waals surface area contributed by atoms with Gasteiger partial charge in [0.05, 0.1) is 11.7 Å². The summed E-state index contributed by atoms with van der Waals surface area (Å²) in [5.74, 6) is 1.87. The normalized spacial score (nSPS) is 33.0. The highest BCUT2D eigenvalue weighted by Crippen LogP contribution is 2.48. The predicted molar refractivity (Wildman–Crippen MR) is 117 cm³/mol. The number of rotatable bonds is 10. The van der Waals surface area contributed by atoms with Crippen molar-refractivity contribution in [2.75, 3.05) is 20.6 Å². The van der Waals surface area contributed by atoms with Crippen molar-refractivity contribution in [3.63, 3.8) is 0 Å². The molecule has 160 valence electrons. The summed E-state index contributed by atoms with van der Waals surface area (Å²) in [6.07, 6.45) is 19.5. The fourth-order valence-corrected chi connectivity index (χ4v) is 5.93. The first-order valence-electron chi connectivity index (χ1n) is 11.8. The smallest absolute Gasteiger partial charge is 0.0682 e. The number of unbranched alkanes of at least 4 members (excludes halogenated alkanes) is 2. The molecule has 0 aromatic heterocycles. The first-order valence-corrected chi connectivity index (χ1v) is 11.8. The molecule has 0 unspecified atom stereocenters. The van der Waals surface area contributed by atoms with E-state index in [1.165, 1.54) is 64.3 Å². The van der Waals surface area contributed by atoms with E-state index in [0.717, 1.165) is 12.8 Å². The minimum absolute atomic E-state index is 0.208. The lowest BCUT2D eigenvalue weighted by atomic mass is 9.83. The van der Waals surface area contributed by atoms with Crippen LogP contribution in [0.4, 0.5) is 0 Å². The molecule has 0 spiro atoms. The SMILES string of the molecule is CN(C)CCCCCC1=C[C@H]2C[C@@H](O)[C@H](/C=C/C[C@](C)(O)C3CCCC3)[C@H]2C1. The Bertz CT molecular complexity index is 545. The van der Waals surface area contributed by atoms with Gasteiger partial charge in [-0.15, -0.1) is 0 Å². The highest BCUT2D eigenvalue weighted by Gasteiger charge is 2.43. The van der Waals surface area contributed by atoms with Gasteiger partial charge in [0, 0.05) is 5.92 Å². The first kappa shape index (κ1) is 22.1. The minimum atomic E-state index is -0.582. The molecule has 0 amide bonds. The van der Waals surface area contributed by atoms with Gasteiger partial charge in [0.1, 0.15) is 0 Å². The Morgan fingerprint density at radius 2 is 1.93 bits per heavy atom. The molecule has 2 fully saturated rings. The molecule has 0 aromatic carbocycles. The van der Waals surface area contributed by atoms with E-state index in [1.54, 1.807) is 5.57 Å². The molecule has 5 atom stereocenters. The average molecular weight is 390 g/mol. The van der Waals surface area contributed by atoms with Gasteiger partial charge in [-0.2, -0.15) is 0 Å². The van der Waals surface area contributed by atoms with E-state index >= 15 is 0 Å². The van der Waals surface area contributed by atoms with Crippen LogP contribution in [0.25, 0.3) is 0 Å². The van der Waals surface area contributed by atoms with E-state index in [1.807, 2.05) is 6.92 Å². The van der Waals surface area contributed by atoms with Crippen molar-refractivity contribution in [2.45, 2.75) is 89.3 Å². The van der Waals surface area contributed by atoms with Crippen molar-refractivity contribution in [3.8, 4) is 0 Å². The molecule has 3 aliphatic carbocycles. The summed E-state index contributed by atoms with van der Waals surface area (Å²) >= 11 is 0. The third kappa shape index (κ3) is 5.70. The van der Waals surface area contributed by atoms with Crippen LogP contribution in [0.3, 0.4) is 0 Å². The summed E-state index contributed by atoms with van der Waals surface area (Å²) in [5, 5.41) is 21.4. The quantitative estimate of drug-likeness (QED) is 0.411.